The summed E-state index contributed by atoms with van der Waals surface area (Å²) in [5, 5.41) is 0. The zero-order valence-corrected chi connectivity index (χ0v) is 28.0. The molecule has 0 amide bonds. The average molecular weight is 647 g/mol. The van der Waals surface area contributed by atoms with Gasteiger partial charge in [0, 0.05) is 19.1 Å². The second-order valence-electron chi connectivity index (χ2n) is 9.82. The molecule has 0 aromatic carbocycles. The van der Waals surface area contributed by atoms with Crippen LogP contribution in [0.15, 0.2) is 0 Å². The van der Waals surface area contributed by atoms with Crippen LogP contribution >= 0.6 is 11.6 Å². The van der Waals surface area contributed by atoms with Crippen LogP contribution in [0.3, 0.4) is 0 Å². The molecule has 0 saturated heterocycles. The van der Waals surface area contributed by atoms with E-state index in [1.54, 1.807) is 0 Å². The number of alkyl halides is 1. The number of hydrogen-bond acceptors (Lipinski definition) is 11. The average Bonchev–Trinajstić information content (AvgIpc) is 3.02. The van der Waals surface area contributed by atoms with E-state index in [2.05, 4.69) is 13.8 Å². The lowest BCUT2D eigenvalue weighted by molar-refractivity contribution is -0.0278. The minimum Gasteiger partial charge on any atom is -0.379 e. The maximum atomic E-state index is 5.65. The molecule has 1 unspecified atom stereocenters. The molecule has 0 aromatic rings. The zero-order chi connectivity index (χ0) is 31.2. The molecule has 0 N–H and O–H groups in total. The molecule has 0 aliphatic heterocycles. The van der Waals surface area contributed by atoms with Gasteiger partial charge in [-0.25, -0.2) is 0 Å². The van der Waals surface area contributed by atoms with Crippen molar-refractivity contribution >= 4 is 11.6 Å². The van der Waals surface area contributed by atoms with Gasteiger partial charge in [0.25, 0.3) is 0 Å². The van der Waals surface area contributed by atoms with E-state index < -0.39 is 0 Å². The van der Waals surface area contributed by atoms with Crippen molar-refractivity contribution in [3.8, 4) is 0 Å². The Bertz CT molecular complexity index is 495. The van der Waals surface area contributed by atoms with Gasteiger partial charge in [0.15, 0.2) is 0 Å². The van der Waals surface area contributed by atoms with Crippen molar-refractivity contribution < 1.29 is 52.1 Å². The minimum absolute atomic E-state index is 0.523. The molecule has 260 valence electrons. The Morgan fingerprint density at radius 3 is 0.884 bits per heavy atom. The summed E-state index contributed by atoms with van der Waals surface area (Å²) in [6.07, 6.45) is 5.64. The largest absolute Gasteiger partial charge is 0.379 e. The Morgan fingerprint density at radius 1 is 0.349 bits per heavy atom. The first-order chi connectivity index (χ1) is 21.3. The first kappa shape index (κ1) is 42.9. The standard InChI is InChI=1S/C31H63ClO11/c1-3-31(2)30-43-29-28-42-27-26-41-25-24-40-23-22-39-21-20-38-19-18-37-17-16-36-15-14-35-13-12-34-11-10-33-9-7-5-4-6-8-32/h31H,3-30H2,1-2H3. The molecule has 0 spiro atoms. The van der Waals surface area contributed by atoms with Crippen LogP contribution in [0.4, 0.5) is 0 Å². The summed E-state index contributed by atoms with van der Waals surface area (Å²) in [6.45, 7) is 16.9. The van der Waals surface area contributed by atoms with Crippen LogP contribution in [0.25, 0.3) is 0 Å². The van der Waals surface area contributed by atoms with E-state index in [1.807, 2.05) is 0 Å². The number of halogens is 1. The zero-order valence-electron chi connectivity index (χ0n) is 27.2. The lowest BCUT2D eigenvalue weighted by Crippen LogP contribution is -2.15. The molecule has 0 bridgehead atoms. The highest BCUT2D eigenvalue weighted by Crippen LogP contribution is 2.01. The molecular formula is C31H63ClO11. The van der Waals surface area contributed by atoms with Gasteiger partial charge < -0.3 is 52.1 Å². The first-order valence-corrected chi connectivity index (χ1v) is 16.8. The highest BCUT2D eigenvalue weighted by molar-refractivity contribution is 6.17. The Kier molecular flexibility index (Phi) is 39.7. The quantitative estimate of drug-likeness (QED) is 0.0715. The number of rotatable bonds is 39. The molecule has 1 atom stereocenters. The SMILES string of the molecule is CCC(C)COCCOCCOCCOCCOCCOCCOCCOCCOCCOCCOCCCCCCCl. The fourth-order valence-electron chi connectivity index (χ4n) is 3.25. The maximum Gasteiger partial charge on any atom is 0.0701 e. The lowest BCUT2D eigenvalue weighted by Gasteiger charge is -2.10. The van der Waals surface area contributed by atoms with Gasteiger partial charge in [-0.05, 0) is 18.8 Å². The van der Waals surface area contributed by atoms with Crippen LogP contribution in [-0.4, -0.2) is 151 Å². The van der Waals surface area contributed by atoms with E-state index in [0.29, 0.717) is 138 Å². The fraction of sp³-hybridized carbons (Fsp3) is 1.00. The van der Waals surface area contributed by atoms with Gasteiger partial charge in [-0.2, -0.15) is 0 Å². The normalized spacial score (nSPS) is 12.3. The number of ether oxygens (including phenoxy) is 11. The number of unbranched alkanes of at least 4 members (excludes halogenated alkanes) is 3. The Labute approximate surface area is 266 Å². The van der Waals surface area contributed by atoms with Crippen molar-refractivity contribution in [3.63, 3.8) is 0 Å². The molecule has 0 saturated carbocycles. The molecule has 0 aliphatic rings. The Balaban J connectivity index is 3.04. The minimum atomic E-state index is 0.523. The smallest absolute Gasteiger partial charge is 0.0701 e. The first-order valence-electron chi connectivity index (χ1n) is 16.2. The summed E-state index contributed by atoms with van der Waals surface area (Å²) >= 11 is 5.65. The summed E-state index contributed by atoms with van der Waals surface area (Å²) < 4.78 is 60.4. The third kappa shape index (κ3) is 39.8. The van der Waals surface area contributed by atoms with Gasteiger partial charge >= 0.3 is 0 Å². The Morgan fingerprint density at radius 2 is 0.605 bits per heavy atom. The summed E-state index contributed by atoms with van der Waals surface area (Å²) in [7, 11) is 0. The van der Waals surface area contributed by atoms with Crippen molar-refractivity contribution in [3.05, 3.63) is 0 Å². The second kappa shape index (κ2) is 39.9. The van der Waals surface area contributed by atoms with E-state index in [0.717, 1.165) is 38.4 Å². The predicted molar refractivity (Wildman–Crippen MR) is 168 cm³/mol. The molecule has 12 heteroatoms. The highest BCUT2D eigenvalue weighted by atomic mass is 35.5. The molecule has 0 rings (SSSR count). The maximum absolute atomic E-state index is 5.65. The van der Waals surface area contributed by atoms with Gasteiger partial charge in [0.2, 0.25) is 0 Å². The second-order valence-corrected chi connectivity index (χ2v) is 10.2. The third-order valence-corrected chi connectivity index (χ3v) is 6.26. The van der Waals surface area contributed by atoms with E-state index in [9.17, 15) is 0 Å². The summed E-state index contributed by atoms with van der Waals surface area (Å²) in [6, 6.07) is 0. The van der Waals surface area contributed by atoms with Crippen LogP contribution in [-0.2, 0) is 52.1 Å². The van der Waals surface area contributed by atoms with Gasteiger partial charge in [0.1, 0.15) is 0 Å². The molecule has 0 fully saturated rings. The lowest BCUT2D eigenvalue weighted by atomic mass is 10.1. The van der Waals surface area contributed by atoms with Crippen LogP contribution in [0.1, 0.15) is 46.0 Å². The van der Waals surface area contributed by atoms with Crippen LogP contribution in [0.2, 0.25) is 0 Å². The molecule has 0 heterocycles. The van der Waals surface area contributed by atoms with Crippen molar-refractivity contribution in [2.75, 3.05) is 151 Å². The van der Waals surface area contributed by atoms with Crippen molar-refractivity contribution in [2.24, 2.45) is 5.92 Å². The molecule has 43 heavy (non-hydrogen) atoms. The number of hydrogen-bond donors (Lipinski definition) is 0. The molecule has 0 aliphatic carbocycles. The van der Waals surface area contributed by atoms with E-state index in [4.69, 9.17) is 63.7 Å². The van der Waals surface area contributed by atoms with Crippen LogP contribution in [0, 0.1) is 5.92 Å². The predicted octanol–water partition coefficient (Wildman–Crippen LogP) is 4.01. The van der Waals surface area contributed by atoms with E-state index in [1.165, 1.54) is 12.8 Å². The topological polar surface area (TPSA) is 102 Å². The van der Waals surface area contributed by atoms with Crippen LogP contribution < -0.4 is 0 Å². The summed E-state index contributed by atoms with van der Waals surface area (Å²) in [5.74, 6) is 1.35. The Hall–Kier alpha value is -0.150. The van der Waals surface area contributed by atoms with Gasteiger partial charge in [0.05, 0.1) is 132 Å². The van der Waals surface area contributed by atoms with Gasteiger partial charge in [-0.15, -0.1) is 11.6 Å². The van der Waals surface area contributed by atoms with Crippen molar-refractivity contribution in [1.29, 1.82) is 0 Å². The summed E-state index contributed by atoms with van der Waals surface area (Å²) in [5.41, 5.74) is 0. The van der Waals surface area contributed by atoms with Gasteiger partial charge in [-0.3, -0.25) is 0 Å². The van der Waals surface area contributed by atoms with Crippen molar-refractivity contribution in [1.82, 2.24) is 0 Å². The van der Waals surface area contributed by atoms with Crippen molar-refractivity contribution in [2.45, 2.75) is 46.0 Å². The van der Waals surface area contributed by atoms with Gasteiger partial charge in [-0.1, -0.05) is 33.1 Å². The third-order valence-electron chi connectivity index (χ3n) is 5.99. The molecule has 11 nitrogen and oxygen atoms in total. The van der Waals surface area contributed by atoms with Crippen LogP contribution in [0.5, 0.6) is 0 Å². The van der Waals surface area contributed by atoms with E-state index >= 15 is 0 Å². The molecular weight excluding hydrogens is 584 g/mol. The molecule has 0 radical (unpaired) electrons. The molecule has 0 aromatic heterocycles. The summed E-state index contributed by atoms with van der Waals surface area (Å²) in [4.78, 5) is 0. The monoisotopic (exact) mass is 646 g/mol. The van der Waals surface area contributed by atoms with E-state index in [-0.39, 0.29) is 0 Å². The highest BCUT2D eigenvalue weighted by Gasteiger charge is 1.99. The fourth-order valence-corrected chi connectivity index (χ4v) is 3.44.